The second-order valence-electron chi connectivity index (χ2n) is 3.27. The van der Waals surface area contributed by atoms with E-state index in [1.54, 1.807) is 0 Å². The van der Waals surface area contributed by atoms with E-state index in [2.05, 4.69) is 33.5 Å². The van der Waals surface area contributed by atoms with Gasteiger partial charge in [0.05, 0.1) is 21.1 Å². The van der Waals surface area contributed by atoms with Crippen LogP contribution in [0.25, 0.3) is 0 Å². The van der Waals surface area contributed by atoms with E-state index < -0.39 is 0 Å². The highest BCUT2D eigenvalue weighted by Gasteiger charge is 2.02. The Morgan fingerprint density at radius 1 is 1.22 bits per heavy atom. The zero-order valence-corrected chi connectivity index (χ0v) is 7.07. The van der Waals surface area contributed by atoms with Crippen LogP contribution in [0, 0.1) is 0 Å². The molecule has 0 saturated heterocycles. The first-order valence-electron chi connectivity index (χ1n) is 3.63. The van der Waals surface area contributed by atoms with Crippen molar-refractivity contribution in [3.05, 3.63) is 0 Å². The quantitative estimate of drug-likeness (QED) is 0.341. The topological polar surface area (TPSA) is 12.0 Å². The predicted molar refractivity (Wildman–Crippen MR) is 40.9 cm³/mol. The lowest BCUT2D eigenvalue weighted by Gasteiger charge is -2.23. The lowest BCUT2D eigenvalue weighted by molar-refractivity contribution is -0.915. The second kappa shape index (κ2) is 3.85. The molecule has 1 N–H and O–H groups in total. The second-order valence-corrected chi connectivity index (χ2v) is 3.27. The van der Waals surface area contributed by atoms with Gasteiger partial charge in [0.1, 0.15) is 0 Å². The molecular weight excluding hydrogens is 112 g/mol. The molecule has 0 heterocycles. The van der Waals surface area contributed by atoms with Crippen molar-refractivity contribution in [2.75, 3.05) is 27.7 Å². The van der Waals surface area contributed by atoms with Gasteiger partial charge in [-0.2, -0.15) is 5.43 Å². The van der Waals surface area contributed by atoms with E-state index in [1.807, 2.05) is 0 Å². The molecule has 0 aromatic carbocycles. The van der Waals surface area contributed by atoms with E-state index in [0.29, 0.717) is 0 Å². The number of nitrogens with zero attached hydrogens (tertiary/aromatic N) is 1. The Balaban J connectivity index is 3.07. The maximum Gasteiger partial charge on any atom is 0.0853 e. The molecule has 0 aliphatic carbocycles. The Kier molecular flexibility index (Phi) is 3.82. The molecule has 0 aliphatic heterocycles. The summed E-state index contributed by atoms with van der Waals surface area (Å²) in [5.74, 6) is 0. The average molecular weight is 131 g/mol. The largest absolute Gasteiger partial charge is 0.253 e. The van der Waals surface area contributed by atoms with Crippen molar-refractivity contribution in [2.45, 2.75) is 19.8 Å². The van der Waals surface area contributed by atoms with E-state index >= 15 is 0 Å². The Hall–Kier alpha value is -0.0800. The molecule has 2 heteroatoms. The van der Waals surface area contributed by atoms with Crippen molar-refractivity contribution in [1.29, 1.82) is 0 Å². The number of nitrogens with one attached hydrogen (secondary N) is 1. The summed E-state index contributed by atoms with van der Waals surface area (Å²) in [7, 11) is 6.40. The van der Waals surface area contributed by atoms with E-state index in [-0.39, 0.29) is 0 Å². The highest BCUT2D eigenvalue weighted by atomic mass is 15.6. The molecule has 0 saturated carbocycles. The van der Waals surface area contributed by atoms with Gasteiger partial charge in [-0.1, -0.05) is 13.3 Å². The highest BCUT2D eigenvalue weighted by molar-refractivity contribution is 4.32. The Labute approximate surface area is 58.4 Å². The summed E-state index contributed by atoms with van der Waals surface area (Å²) in [4.78, 5) is 0. The standard InChI is InChI=1S/C7H19N2/c1-5-6-7-8-9(2,3)4/h8H,5-7H2,1-4H3/q+1. The molecule has 0 bridgehead atoms. The van der Waals surface area contributed by atoms with Crippen LogP contribution in [0.15, 0.2) is 0 Å². The molecule has 0 aromatic rings. The van der Waals surface area contributed by atoms with Gasteiger partial charge in [-0.25, -0.2) is 0 Å². The number of hydrogen-bond acceptors (Lipinski definition) is 1. The van der Waals surface area contributed by atoms with Crippen LogP contribution in [-0.2, 0) is 0 Å². The smallest absolute Gasteiger partial charge is 0.0853 e. The fraction of sp³-hybridized carbons (Fsp3) is 1.00. The van der Waals surface area contributed by atoms with Crippen LogP contribution >= 0.6 is 0 Å². The van der Waals surface area contributed by atoms with Crippen LogP contribution in [0.2, 0.25) is 0 Å². The van der Waals surface area contributed by atoms with Crippen molar-refractivity contribution < 1.29 is 4.59 Å². The molecule has 0 atom stereocenters. The van der Waals surface area contributed by atoms with Crippen molar-refractivity contribution in [3.63, 3.8) is 0 Å². The zero-order chi connectivity index (χ0) is 7.33. The molecule has 56 valence electrons. The van der Waals surface area contributed by atoms with Gasteiger partial charge in [0.2, 0.25) is 0 Å². The van der Waals surface area contributed by atoms with Crippen LogP contribution < -0.4 is 5.43 Å². The summed E-state index contributed by atoms with van der Waals surface area (Å²) < 4.78 is 0.861. The zero-order valence-electron chi connectivity index (χ0n) is 7.07. The molecule has 0 rings (SSSR count). The third-order valence-electron chi connectivity index (χ3n) is 1.12. The normalized spacial score (nSPS) is 12.0. The minimum atomic E-state index is 0.861. The van der Waals surface area contributed by atoms with Crippen molar-refractivity contribution in [1.82, 2.24) is 5.43 Å². The summed E-state index contributed by atoms with van der Waals surface area (Å²) in [5.41, 5.74) is 3.36. The third-order valence-corrected chi connectivity index (χ3v) is 1.12. The lowest BCUT2D eigenvalue weighted by atomic mass is 10.3. The van der Waals surface area contributed by atoms with Crippen LogP contribution in [0.3, 0.4) is 0 Å². The first-order chi connectivity index (χ1) is 4.06. The van der Waals surface area contributed by atoms with Gasteiger partial charge in [0.15, 0.2) is 0 Å². The molecule has 0 spiro atoms. The highest BCUT2D eigenvalue weighted by Crippen LogP contribution is 1.86. The summed E-state index contributed by atoms with van der Waals surface area (Å²) in [6.07, 6.45) is 2.54. The van der Waals surface area contributed by atoms with Gasteiger partial charge in [-0.05, 0) is 6.42 Å². The van der Waals surface area contributed by atoms with Gasteiger partial charge in [-0.15, -0.1) is 0 Å². The molecular formula is C7H19N2+. The summed E-state index contributed by atoms with van der Waals surface area (Å²) in [5, 5.41) is 0. The van der Waals surface area contributed by atoms with Gasteiger partial charge >= 0.3 is 0 Å². The molecule has 2 nitrogen and oxygen atoms in total. The molecule has 0 amide bonds. The van der Waals surface area contributed by atoms with Crippen molar-refractivity contribution >= 4 is 0 Å². The number of unbranched alkanes of at least 4 members (excludes halogenated alkanes) is 1. The Bertz CT molecular complexity index is 63.8. The average Bonchev–Trinajstić information content (AvgIpc) is 1.63. The number of quaternary nitrogens is 1. The van der Waals surface area contributed by atoms with E-state index in [0.717, 1.165) is 11.1 Å². The minimum absolute atomic E-state index is 0.861. The molecule has 0 fully saturated rings. The maximum atomic E-state index is 3.36. The molecule has 0 unspecified atom stereocenters. The fourth-order valence-electron chi connectivity index (χ4n) is 0.591. The molecule has 0 aromatic heterocycles. The summed E-state index contributed by atoms with van der Waals surface area (Å²) in [6.45, 7) is 3.33. The molecule has 9 heavy (non-hydrogen) atoms. The minimum Gasteiger partial charge on any atom is -0.253 e. The van der Waals surface area contributed by atoms with Gasteiger partial charge in [-0.3, -0.25) is 4.59 Å². The number of rotatable bonds is 4. The number of hydrogen-bond donors (Lipinski definition) is 1. The van der Waals surface area contributed by atoms with Gasteiger partial charge < -0.3 is 0 Å². The van der Waals surface area contributed by atoms with Crippen LogP contribution in [0.1, 0.15) is 19.8 Å². The van der Waals surface area contributed by atoms with Crippen LogP contribution in [0.5, 0.6) is 0 Å². The predicted octanol–water partition coefficient (Wildman–Crippen LogP) is 0.997. The first-order valence-corrected chi connectivity index (χ1v) is 3.63. The van der Waals surface area contributed by atoms with Gasteiger partial charge in [0.25, 0.3) is 0 Å². The fourth-order valence-corrected chi connectivity index (χ4v) is 0.591. The van der Waals surface area contributed by atoms with Crippen LogP contribution in [0.4, 0.5) is 0 Å². The first kappa shape index (κ1) is 8.92. The van der Waals surface area contributed by atoms with Gasteiger partial charge in [0, 0.05) is 6.54 Å². The lowest BCUT2D eigenvalue weighted by Crippen LogP contribution is -2.48. The molecule has 0 radical (unpaired) electrons. The Morgan fingerprint density at radius 3 is 2.11 bits per heavy atom. The SMILES string of the molecule is CCCCN[N+](C)(C)C. The van der Waals surface area contributed by atoms with E-state index in [1.165, 1.54) is 12.8 Å². The third kappa shape index (κ3) is 7.92. The van der Waals surface area contributed by atoms with E-state index in [4.69, 9.17) is 0 Å². The van der Waals surface area contributed by atoms with Crippen molar-refractivity contribution in [2.24, 2.45) is 0 Å². The Morgan fingerprint density at radius 2 is 1.78 bits per heavy atom. The summed E-state index contributed by atoms with van der Waals surface area (Å²) in [6, 6.07) is 0. The molecule has 0 aliphatic rings. The monoisotopic (exact) mass is 131 g/mol. The van der Waals surface area contributed by atoms with E-state index in [9.17, 15) is 0 Å². The maximum absolute atomic E-state index is 3.36. The van der Waals surface area contributed by atoms with Crippen molar-refractivity contribution in [3.8, 4) is 0 Å². The van der Waals surface area contributed by atoms with Crippen LogP contribution in [-0.4, -0.2) is 32.3 Å². The summed E-state index contributed by atoms with van der Waals surface area (Å²) >= 11 is 0.